The summed E-state index contributed by atoms with van der Waals surface area (Å²) in [5.41, 5.74) is 1.29. The highest BCUT2D eigenvalue weighted by atomic mass is 79.9. The van der Waals surface area contributed by atoms with Crippen LogP contribution in [0.1, 0.15) is 60.3 Å². The third kappa shape index (κ3) is 4.16. The summed E-state index contributed by atoms with van der Waals surface area (Å²) in [6, 6.07) is 12.2. The highest BCUT2D eigenvalue weighted by molar-refractivity contribution is 9.10. The first-order chi connectivity index (χ1) is 16.6. The Kier molecular flexibility index (Phi) is 6.52. The van der Waals surface area contributed by atoms with Crippen LogP contribution >= 0.6 is 27.3 Å². The van der Waals surface area contributed by atoms with Gasteiger partial charge in [-0.3, -0.25) is 14.5 Å². The molecule has 0 N–H and O–H groups in total. The monoisotopic (exact) mass is 538 g/mol. The zero-order valence-corrected chi connectivity index (χ0v) is 21.0. The van der Waals surface area contributed by atoms with Crippen molar-refractivity contribution in [2.75, 3.05) is 11.5 Å². The van der Waals surface area contributed by atoms with Crippen molar-refractivity contribution in [1.29, 1.82) is 0 Å². The van der Waals surface area contributed by atoms with Gasteiger partial charge in [-0.25, -0.2) is 4.98 Å². The number of fused-ring (bicyclic) bond motifs is 2. The van der Waals surface area contributed by atoms with E-state index in [4.69, 9.17) is 9.15 Å². The Morgan fingerprint density at radius 1 is 1.12 bits per heavy atom. The molecule has 1 aliphatic rings. The number of benzene rings is 2. The van der Waals surface area contributed by atoms with Crippen LogP contribution in [-0.4, -0.2) is 17.5 Å². The molecule has 3 heterocycles. The van der Waals surface area contributed by atoms with Gasteiger partial charge in [0.2, 0.25) is 5.76 Å². The van der Waals surface area contributed by atoms with Gasteiger partial charge in [-0.1, -0.05) is 54.2 Å². The van der Waals surface area contributed by atoms with Crippen molar-refractivity contribution in [3.8, 4) is 5.75 Å². The van der Waals surface area contributed by atoms with E-state index in [0.29, 0.717) is 28.3 Å². The van der Waals surface area contributed by atoms with Gasteiger partial charge >= 0.3 is 0 Å². The minimum Gasteiger partial charge on any atom is -0.494 e. The van der Waals surface area contributed by atoms with E-state index in [9.17, 15) is 9.59 Å². The average molecular weight is 539 g/mol. The van der Waals surface area contributed by atoms with E-state index >= 15 is 0 Å². The van der Waals surface area contributed by atoms with Crippen LogP contribution in [0.15, 0.2) is 67.7 Å². The lowest BCUT2D eigenvalue weighted by Crippen LogP contribution is -2.29. The van der Waals surface area contributed by atoms with Gasteiger partial charge in [-0.2, -0.15) is 0 Å². The summed E-state index contributed by atoms with van der Waals surface area (Å²) < 4.78 is 12.6. The number of anilines is 1. The van der Waals surface area contributed by atoms with E-state index < -0.39 is 6.04 Å². The minimum absolute atomic E-state index is 0.0660. The van der Waals surface area contributed by atoms with Gasteiger partial charge in [0, 0.05) is 16.0 Å². The topological polar surface area (TPSA) is 72.6 Å². The van der Waals surface area contributed by atoms with Crippen molar-refractivity contribution in [3.05, 3.63) is 85.6 Å². The van der Waals surface area contributed by atoms with Gasteiger partial charge in [0.25, 0.3) is 5.91 Å². The molecule has 174 valence electrons. The smallest absolute Gasteiger partial charge is 0.297 e. The molecule has 1 aliphatic heterocycles. The van der Waals surface area contributed by atoms with Crippen molar-refractivity contribution in [2.45, 2.75) is 38.6 Å². The molecule has 1 amide bonds. The molecular formula is C26H23BrN2O4S. The standard InChI is InChI=1S/C26H23BrN2O4S/c1-2-3-4-5-13-32-18-9-6-16(7-10-18)22-21-23(30)19-15-17(27)8-11-20(19)33-24(21)25(31)29(22)26-28-12-14-34-26/h6-12,14-15,22H,2-5,13H2,1H3. The van der Waals surface area contributed by atoms with Crippen LogP contribution in [0.5, 0.6) is 5.75 Å². The number of hydrogen-bond acceptors (Lipinski definition) is 6. The molecule has 34 heavy (non-hydrogen) atoms. The maximum Gasteiger partial charge on any atom is 0.297 e. The SMILES string of the molecule is CCCCCCOc1ccc(C2c3c(oc4ccc(Br)cc4c3=O)C(=O)N2c2nccs2)cc1. The number of halogens is 1. The number of nitrogens with zero attached hydrogens (tertiary/aromatic N) is 2. The Bertz CT molecular complexity index is 1380. The second kappa shape index (κ2) is 9.72. The Labute approximate surface area is 209 Å². The molecule has 1 atom stereocenters. The first-order valence-corrected chi connectivity index (χ1v) is 13.0. The number of thiazole rings is 1. The maximum absolute atomic E-state index is 13.6. The van der Waals surface area contributed by atoms with Crippen molar-refractivity contribution >= 4 is 49.3 Å². The number of carbonyl (C=O) groups is 1. The molecule has 0 fully saturated rings. The highest BCUT2D eigenvalue weighted by Gasteiger charge is 2.44. The summed E-state index contributed by atoms with van der Waals surface area (Å²) in [6.45, 7) is 2.85. The van der Waals surface area contributed by atoms with Crippen molar-refractivity contribution in [1.82, 2.24) is 4.98 Å². The lowest BCUT2D eigenvalue weighted by Gasteiger charge is -2.22. The summed E-state index contributed by atoms with van der Waals surface area (Å²) in [6.07, 6.45) is 6.20. The molecule has 0 aliphatic carbocycles. The van der Waals surface area contributed by atoms with Crippen molar-refractivity contribution in [3.63, 3.8) is 0 Å². The quantitative estimate of drug-likeness (QED) is 0.233. The zero-order chi connectivity index (χ0) is 23.7. The lowest BCUT2D eigenvalue weighted by molar-refractivity contribution is 0.0971. The van der Waals surface area contributed by atoms with E-state index in [1.807, 2.05) is 24.3 Å². The molecule has 0 bridgehead atoms. The Morgan fingerprint density at radius 2 is 1.94 bits per heavy atom. The van der Waals surface area contributed by atoms with E-state index in [2.05, 4.69) is 27.8 Å². The Hall–Kier alpha value is -2.97. The van der Waals surface area contributed by atoms with Crippen LogP contribution in [0.25, 0.3) is 11.0 Å². The van der Waals surface area contributed by atoms with E-state index in [1.54, 1.807) is 34.7 Å². The minimum atomic E-state index is -0.633. The second-order valence-electron chi connectivity index (χ2n) is 8.18. The number of amides is 1. The van der Waals surface area contributed by atoms with Crippen molar-refractivity contribution in [2.24, 2.45) is 0 Å². The molecule has 6 nitrogen and oxygen atoms in total. The molecule has 4 aromatic rings. The third-order valence-electron chi connectivity index (χ3n) is 5.92. The summed E-state index contributed by atoms with van der Waals surface area (Å²) in [5.74, 6) is 0.462. The predicted molar refractivity (Wildman–Crippen MR) is 137 cm³/mol. The lowest BCUT2D eigenvalue weighted by atomic mass is 9.98. The van der Waals surface area contributed by atoms with Crippen molar-refractivity contribution < 1.29 is 13.9 Å². The molecule has 0 radical (unpaired) electrons. The Morgan fingerprint density at radius 3 is 2.68 bits per heavy atom. The molecule has 2 aromatic heterocycles. The number of ether oxygens (including phenoxy) is 1. The summed E-state index contributed by atoms with van der Waals surface area (Å²) in [5, 5.41) is 2.75. The second-order valence-corrected chi connectivity index (χ2v) is 9.97. The summed E-state index contributed by atoms with van der Waals surface area (Å²) in [7, 11) is 0. The number of hydrogen-bond donors (Lipinski definition) is 0. The van der Waals surface area contributed by atoms with Gasteiger partial charge in [-0.05, 0) is 42.3 Å². The highest BCUT2D eigenvalue weighted by Crippen LogP contribution is 2.42. The van der Waals surface area contributed by atoms with Crippen LogP contribution in [0, 0.1) is 0 Å². The average Bonchev–Trinajstić information content (AvgIpc) is 3.47. The van der Waals surface area contributed by atoms with Crippen LogP contribution in [0.4, 0.5) is 5.13 Å². The van der Waals surface area contributed by atoms with Crippen LogP contribution < -0.4 is 15.1 Å². The van der Waals surface area contributed by atoms with Gasteiger partial charge in [-0.15, -0.1) is 11.3 Å². The number of carbonyl (C=O) groups excluding carboxylic acids is 1. The molecule has 0 saturated heterocycles. The molecule has 8 heteroatoms. The molecular weight excluding hydrogens is 516 g/mol. The molecule has 0 spiro atoms. The molecule has 0 saturated carbocycles. The number of aromatic nitrogens is 1. The van der Waals surface area contributed by atoms with E-state index in [1.165, 1.54) is 24.2 Å². The zero-order valence-electron chi connectivity index (χ0n) is 18.6. The first kappa shape index (κ1) is 22.8. The Balaban J connectivity index is 1.55. The number of unbranched alkanes of at least 4 members (excludes halogenated alkanes) is 3. The van der Waals surface area contributed by atoms with Crippen LogP contribution in [0.3, 0.4) is 0 Å². The summed E-state index contributed by atoms with van der Waals surface area (Å²) >= 11 is 4.77. The fourth-order valence-corrected chi connectivity index (χ4v) is 5.29. The summed E-state index contributed by atoms with van der Waals surface area (Å²) in [4.78, 5) is 33.0. The van der Waals surface area contributed by atoms with Crippen LogP contribution in [-0.2, 0) is 0 Å². The van der Waals surface area contributed by atoms with E-state index in [-0.39, 0.29) is 17.1 Å². The van der Waals surface area contributed by atoms with E-state index in [0.717, 1.165) is 28.6 Å². The number of rotatable bonds is 8. The van der Waals surface area contributed by atoms with Crippen LogP contribution in [0.2, 0.25) is 0 Å². The fourth-order valence-electron chi connectivity index (χ4n) is 4.26. The van der Waals surface area contributed by atoms with Gasteiger partial charge in [0.05, 0.1) is 23.6 Å². The maximum atomic E-state index is 13.6. The third-order valence-corrected chi connectivity index (χ3v) is 7.18. The van der Waals surface area contributed by atoms with Gasteiger partial charge < -0.3 is 9.15 Å². The fraction of sp³-hybridized carbons (Fsp3) is 0.269. The molecule has 1 unspecified atom stereocenters. The van der Waals surface area contributed by atoms with Gasteiger partial charge in [0.1, 0.15) is 11.3 Å². The normalized spacial score (nSPS) is 15.2. The molecule has 5 rings (SSSR count). The van der Waals surface area contributed by atoms with Gasteiger partial charge in [0.15, 0.2) is 10.6 Å². The largest absolute Gasteiger partial charge is 0.494 e. The molecule has 2 aromatic carbocycles. The predicted octanol–water partition coefficient (Wildman–Crippen LogP) is 6.72. The first-order valence-electron chi connectivity index (χ1n) is 11.3.